The SMILES string of the molecule is Cc1cc(C)c(-c2cc(Oc3cccc(C4(c5ccccn5)c5ccccc5Sc5ccccc54)c3)cc(-c3nc4ccccc4s3)c2)c(C)c1. The molecule has 1 aliphatic heterocycles. The molecule has 0 radical (unpaired) electrons. The van der Waals surface area contributed by atoms with Crippen molar-refractivity contribution in [2.45, 2.75) is 36.0 Å². The number of nitrogens with zero attached hydrogens (tertiary/aromatic N) is 2. The van der Waals surface area contributed by atoms with Crippen LogP contribution in [-0.4, -0.2) is 9.97 Å². The van der Waals surface area contributed by atoms with Gasteiger partial charge in [-0.05, 0) is 126 Å². The van der Waals surface area contributed by atoms with Crippen LogP contribution in [0.3, 0.4) is 0 Å². The van der Waals surface area contributed by atoms with Crippen LogP contribution >= 0.6 is 23.1 Å². The Kier molecular flexibility index (Phi) is 7.83. The summed E-state index contributed by atoms with van der Waals surface area (Å²) in [6.45, 7) is 6.54. The van der Waals surface area contributed by atoms with Crippen molar-refractivity contribution in [1.29, 1.82) is 0 Å². The fourth-order valence-electron chi connectivity index (χ4n) is 7.80. The summed E-state index contributed by atoms with van der Waals surface area (Å²) in [5.41, 5.74) is 12.0. The highest BCUT2D eigenvalue weighted by Gasteiger charge is 2.45. The van der Waals surface area contributed by atoms with Crippen LogP contribution in [0, 0.1) is 20.8 Å². The molecular weight excluding hydrogens is 661 g/mol. The van der Waals surface area contributed by atoms with Crippen molar-refractivity contribution in [2.24, 2.45) is 0 Å². The summed E-state index contributed by atoms with van der Waals surface area (Å²) in [7, 11) is 0. The lowest BCUT2D eigenvalue weighted by Crippen LogP contribution is -2.34. The maximum Gasteiger partial charge on any atom is 0.128 e. The number of fused-ring (bicyclic) bond motifs is 3. The van der Waals surface area contributed by atoms with Gasteiger partial charge < -0.3 is 4.74 Å². The number of ether oxygens (including phenoxy) is 1. The maximum atomic E-state index is 6.92. The minimum absolute atomic E-state index is 0.636. The highest BCUT2D eigenvalue weighted by molar-refractivity contribution is 7.99. The predicted molar refractivity (Wildman–Crippen MR) is 211 cm³/mol. The summed E-state index contributed by atoms with van der Waals surface area (Å²) in [5.74, 6) is 1.53. The van der Waals surface area contributed by atoms with Crippen molar-refractivity contribution in [3.8, 4) is 33.2 Å². The molecule has 0 saturated carbocycles. The molecule has 0 atom stereocenters. The molecular formula is C46H34N2OS2. The number of aromatic nitrogens is 2. The summed E-state index contributed by atoms with van der Waals surface area (Å²) in [6, 6.07) is 51.6. The summed E-state index contributed by atoms with van der Waals surface area (Å²) in [4.78, 5) is 12.5. The van der Waals surface area contributed by atoms with E-state index >= 15 is 0 Å². The van der Waals surface area contributed by atoms with Crippen molar-refractivity contribution < 1.29 is 4.74 Å². The lowest BCUT2D eigenvalue weighted by atomic mass is 9.66. The van der Waals surface area contributed by atoms with Crippen molar-refractivity contribution in [2.75, 3.05) is 0 Å². The fourth-order valence-corrected chi connectivity index (χ4v) is 9.94. The van der Waals surface area contributed by atoms with Crippen LogP contribution in [0.1, 0.15) is 39.1 Å². The molecule has 51 heavy (non-hydrogen) atoms. The molecule has 0 spiro atoms. The number of aryl methyl sites for hydroxylation is 3. The van der Waals surface area contributed by atoms with Gasteiger partial charge in [-0.15, -0.1) is 11.3 Å². The summed E-state index contributed by atoms with van der Waals surface area (Å²) >= 11 is 3.53. The van der Waals surface area contributed by atoms with Gasteiger partial charge in [0, 0.05) is 21.6 Å². The van der Waals surface area contributed by atoms with Gasteiger partial charge in [-0.3, -0.25) is 4.98 Å². The van der Waals surface area contributed by atoms with Crippen LogP contribution in [0.15, 0.2) is 162 Å². The second-order valence-electron chi connectivity index (χ2n) is 13.2. The Balaban J connectivity index is 1.22. The average molecular weight is 695 g/mol. The average Bonchev–Trinajstić information content (AvgIpc) is 3.59. The molecule has 5 heteroatoms. The number of hydrogen-bond donors (Lipinski definition) is 0. The van der Waals surface area contributed by atoms with Crippen LogP contribution in [0.25, 0.3) is 31.9 Å². The topological polar surface area (TPSA) is 35.0 Å². The molecule has 0 bridgehead atoms. The Morgan fingerprint density at radius 2 is 1.27 bits per heavy atom. The summed E-state index contributed by atoms with van der Waals surface area (Å²) in [6.07, 6.45) is 1.90. The highest BCUT2D eigenvalue weighted by atomic mass is 32.2. The van der Waals surface area contributed by atoms with E-state index in [9.17, 15) is 0 Å². The zero-order chi connectivity index (χ0) is 34.5. The third-order valence-electron chi connectivity index (χ3n) is 9.77. The molecule has 0 aliphatic carbocycles. The van der Waals surface area contributed by atoms with Crippen LogP contribution in [-0.2, 0) is 5.41 Å². The van der Waals surface area contributed by atoms with Crippen molar-refractivity contribution in [3.05, 3.63) is 191 Å². The zero-order valence-electron chi connectivity index (χ0n) is 28.6. The van der Waals surface area contributed by atoms with Crippen LogP contribution in [0.4, 0.5) is 0 Å². The van der Waals surface area contributed by atoms with Crippen molar-refractivity contribution in [1.82, 2.24) is 9.97 Å². The van der Waals surface area contributed by atoms with Crippen LogP contribution in [0.5, 0.6) is 11.5 Å². The van der Waals surface area contributed by atoms with Gasteiger partial charge in [-0.25, -0.2) is 4.98 Å². The molecule has 0 fully saturated rings. The van der Waals surface area contributed by atoms with Gasteiger partial charge >= 0.3 is 0 Å². The molecule has 3 heterocycles. The van der Waals surface area contributed by atoms with E-state index in [1.165, 1.54) is 47.9 Å². The first-order chi connectivity index (χ1) is 25.0. The first-order valence-corrected chi connectivity index (χ1v) is 18.8. The lowest BCUT2D eigenvalue weighted by Gasteiger charge is -2.40. The predicted octanol–water partition coefficient (Wildman–Crippen LogP) is 12.6. The molecule has 0 N–H and O–H groups in total. The van der Waals surface area contributed by atoms with Gasteiger partial charge in [0.05, 0.1) is 21.3 Å². The fraction of sp³-hybridized carbons (Fsp3) is 0.0870. The van der Waals surface area contributed by atoms with E-state index in [1.54, 1.807) is 11.3 Å². The second kappa shape index (κ2) is 12.7. The number of benzene rings is 6. The monoisotopic (exact) mass is 694 g/mol. The number of hydrogen-bond acceptors (Lipinski definition) is 5. The highest BCUT2D eigenvalue weighted by Crippen LogP contribution is 2.55. The summed E-state index contributed by atoms with van der Waals surface area (Å²) < 4.78 is 8.09. The quantitative estimate of drug-likeness (QED) is 0.174. The minimum atomic E-state index is -0.636. The lowest BCUT2D eigenvalue weighted by molar-refractivity contribution is 0.481. The van der Waals surface area contributed by atoms with E-state index in [-0.39, 0.29) is 0 Å². The molecule has 246 valence electrons. The molecule has 0 unspecified atom stereocenters. The van der Waals surface area contributed by atoms with E-state index in [1.807, 2.05) is 30.1 Å². The van der Waals surface area contributed by atoms with Crippen molar-refractivity contribution in [3.63, 3.8) is 0 Å². The van der Waals surface area contributed by atoms with Crippen LogP contribution in [0.2, 0.25) is 0 Å². The van der Waals surface area contributed by atoms with Gasteiger partial charge in [0.25, 0.3) is 0 Å². The minimum Gasteiger partial charge on any atom is -0.457 e. The van der Waals surface area contributed by atoms with Gasteiger partial charge in [0.1, 0.15) is 16.5 Å². The summed E-state index contributed by atoms with van der Waals surface area (Å²) in [5, 5.41) is 0.973. The van der Waals surface area contributed by atoms with E-state index in [0.717, 1.165) is 44.4 Å². The van der Waals surface area contributed by atoms with Gasteiger partial charge in [0.15, 0.2) is 0 Å². The Labute approximate surface area is 306 Å². The largest absolute Gasteiger partial charge is 0.457 e. The molecule has 6 aromatic carbocycles. The third kappa shape index (κ3) is 5.45. The van der Waals surface area contributed by atoms with Crippen molar-refractivity contribution >= 4 is 33.3 Å². The zero-order valence-corrected chi connectivity index (χ0v) is 30.2. The maximum absolute atomic E-state index is 6.92. The Hall–Kier alpha value is -5.49. The molecule has 3 nitrogen and oxygen atoms in total. The Morgan fingerprint density at radius 1 is 0.588 bits per heavy atom. The normalized spacial score (nSPS) is 13.1. The van der Waals surface area contributed by atoms with E-state index in [0.29, 0.717) is 0 Å². The van der Waals surface area contributed by atoms with Gasteiger partial charge in [-0.2, -0.15) is 0 Å². The van der Waals surface area contributed by atoms with Gasteiger partial charge in [0.2, 0.25) is 0 Å². The molecule has 2 aromatic heterocycles. The molecule has 0 amide bonds. The van der Waals surface area contributed by atoms with E-state index < -0.39 is 5.41 Å². The molecule has 8 aromatic rings. The van der Waals surface area contributed by atoms with Gasteiger partial charge in [-0.1, -0.05) is 96.2 Å². The first kappa shape index (κ1) is 31.5. The van der Waals surface area contributed by atoms with E-state index in [2.05, 4.69) is 154 Å². The number of pyridine rings is 1. The van der Waals surface area contributed by atoms with Crippen LogP contribution < -0.4 is 4.74 Å². The van der Waals surface area contributed by atoms with E-state index in [4.69, 9.17) is 14.7 Å². The number of para-hydroxylation sites is 1. The smallest absolute Gasteiger partial charge is 0.128 e. The Bertz CT molecular complexity index is 2490. The molecule has 9 rings (SSSR count). The standard InChI is InChI=1S/C46H34N2OS2/c1-29-23-30(2)44(31(3)24-29)32-25-33(45-48-39-17-6-9-20-42(39)51-45)27-36(26-32)49-35-14-12-13-34(28-35)46(43-21-10-11-22-47-43)37-15-4-7-18-40(37)50-41-19-8-5-16-38(41)46/h4-28H,1-3H3. The number of rotatable bonds is 6. The third-order valence-corrected chi connectivity index (χ3v) is 12.0. The number of thiazole rings is 1. The Morgan fingerprint density at radius 3 is 2.00 bits per heavy atom. The first-order valence-electron chi connectivity index (χ1n) is 17.1. The molecule has 0 saturated heterocycles. The molecule has 1 aliphatic rings. The second-order valence-corrected chi connectivity index (χ2v) is 15.3.